The van der Waals surface area contributed by atoms with Crippen molar-refractivity contribution in [2.24, 2.45) is 5.41 Å². The van der Waals surface area contributed by atoms with Gasteiger partial charge in [0.05, 0.1) is 0 Å². The van der Waals surface area contributed by atoms with Crippen molar-refractivity contribution in [2.45, 2.75) is 45.1 Å². The number of para-hydroxylation sites is 1. The zero-order valence-corrected chi connectivity index (χ0v) is 11.5. The van der Waals surface area contributed by atoms with E-state index in [9.17, 15) is 0 Å². The number of hydrogen-bond donors (Lipinski definition) is 2. The molecule has 1 aliphatic carbocycles. The number of hydrogen-bond acceptors (Lipinski definition) is 2. The van der Waals surface area contributed by atoms with Crippen LogP contribution in [0, 0.1) is 5.41 Å². The van der Waals surface area contributed by atoms with Crippen LogP contribution in [0.4, 0.5) is 5.69 Å². The Morgan fingerprint density at radius 1 is 1.33 bits per heavy atom. The molecule has 1 aromatic rings. The van der Waals surface area contributed by atoms with Crippen molar-refractivity contribution in [3.63, 3.8) is 0 Å². The lowest BCUT2D eigenvalue weighted by molar-refractivity contribution is 0.363. The molecule has 2 heteroatoms. The van der Waals surface area contributed by atoms with Gasteiger partial charge < -0.3 is 10.6 Å². The molecule has 2 nitrogen and oxygen atoms in total. The molecule has 0 aromatic heterocycles. The minimum Gasteiger partial charge on any atom is -0.384 e. The quantitative estimate of drug-likeness (QED) is 0.852. The largest absolute Gasteiger partial charge is 0.384 e. The zero-order chi connectivity index (χ0) is 12.6. The molecule has 1 fully saturated rings. The topological polar surface area (TPSA) is 24.1 Å². The highest BCUT2D eigenvalue weighted by Crippen LogP contribution is 2.37. The predicted octanol–water partition coefficient (Wildman–Crippen LogP) is 3.36. The van der Waals surface area contributed by atoms with Gasteiger partial charge >= 0.3 is 0 Å². The van der Waals surface area contributed by atoms with Crippen LogP contribution < -0.4 is 10.6 Å². The second-order valence-corrected chi connectivity index (χ2v) is 6.68. The fourth-order valence-electron chi connectivity index (χ4n) is 3.46. The third-order valence-electron chi connectivity index (χ3n) is 4.56. The van der Waals surface area contributed by atoms with Crippen molar-refractivity contribution in [3.05, 3.63) is 29.8 Å². The Kier molecular flexibility index (Phi) is 3.06. The molecule has 0 saturated heterocycles. The summed E-state index contributed by atoms with van der Waals surface area (Å²) in [4.78, 5) is 0. The number of anilines is 1. The molecule has 1 saturated carbocycles. The maximum atomic E-state index is 3.78. The van der Waals surface area contributed by atoms with Gasteiger partial charge in [0, 0.05) is 30.7 Å². The summed E-state index contributed by atoms with van der Waals surface area (Å²) in [6.07, 6.45) is 4.04. The Morgan fingerprint density at radius 2 is 2.17 bits per heavy atom. The number of rotatable bonds is 3. The van der Waals surface area contributed by atoms with Crippen LogP contribution in [-0.4, -0.2) is 19.1 Å². The number of benzene rings is 1. The number of fused-ring (bicyclic) bond motifs is 1. The van der Waals surface area contributed by atoms with Crippen LogP contribution in [-0.2, 0) is 0 Å². The van der Waals surface area contributed by atoms with Crippen LogP contribution in [0.15, 0.2) is 24.3 Å². The minimum absolute atomic E-state index is 0.545. The van der Waals surface area contributed by atoms with E-state index in [1.54, 1.807) is 0 Å². The van der Waals surface area contributed by atoms with Crippen molar-refractivity contribution < 1.29 is 0 Å². The van der Waals surface area contributed by atoms with Gasteiger partial charge in [-0.25, -0.2) is 0 Å². The van der Waals surface area contributed by atoms with Crippen LogP contribution in [0.25, 0.3) is 0 Å². The molecular weight excluding hydrogens is 220 g/mol. The van der Waals surface area contributed by atoms with E-state index in [0.29, 0.717) is 11.3 Å². The van der Waals surface area contributed by atoms with Crippen molar-refractivity contribution in [1.29, 1.82) is 0 Å². The lowest BCUT2D eigenvalue weighted by atomic mass is 9.92. The highest BCUT2D eigenvalue weighted by atomic mass is 15.0. The lowest BCUT2D eigenvalue weighted by Crippen LogP contribution is -2.32. The summed E-state index contributed by atoms with van der Waals surface area (Å²) < 4.78 is 0. The molecule has 2 unspecified atom stereocenters. The molecule has 0 amide bonds. The Labute approximate surface area is 110 Å². The van der Waals surface area contributed by atoms with Gasteiger partial charge in [-0.2, -0.15) is 0 Å². The second kappa shape index (κ2) is 4.58. The van der Waals surface area contributed by atoms with Crippen molar-refractivity contribution >= 4 is 5.69 Å². The highest BCUT2D eigenvalue weighted by Gasteiger charge is 2.31. The van der Waals surface area contributed by atoms with E-state index in [4.69, 9.17) is 0 Å². The molecule has 1 aliphatic heterocycles. The monoisotopic (exact) mass is 244 g/mol. The van der Waals surface area contributed by atoms with E-state index < -0.39 is 0 Å². The van der Waals surface area contributed by atoms with E-state index in [0.717, 1.165) is 19.1 Å². The fourth-order valence-corrected chi connectivity index (χ4v) is 3.46. The summed E-state index contributed by atoms with van der Waals surface area (Å²) in [7, 11) is 0. The summed E-state index contributed by atoms with van der Waals surface area (Å²) in [6, 6.07) is 9.44. The molecule has 2 N–H and O–H groups in total. The smallest absolute Gasteiger partial charge is 0.0376 e. The third-order valence-corrected chi connectivity index (χ3v) is 4.56. The van der Waals surface area contributed by atoms with E-state index in [2.05, 4.69) is 48.7 Å². The zero-order valence-electron chi connectivity index (χ0n) is 11.5. The van der Waals surface area contributed by atoms with E-state index in [1.165, 1.54) is 30.5 Å². The average Bonchev–Trinajstić information content (AvgIpc) is 2.90. The van der Waals surface area contributed by atoms with Gasteiger partial charge in [0.25, 0.3) is 0 Å². The Hall–Kier alpha value is -1.02. The van der Waals surface area contributed by atoms with Gasteiger partial charge in [0.1, 0.15) is 0 Å². The first kappa shape index (κ1) is 12.0. The van der Waals surface area contributed by atoms with Gasteiger partial charge in [-0.05, 0) is 36.3 Å². The predicted molar refractivity (Wildman–Crippen MR) is 77.1 cm³/mol. The Bertz CT molecular complexity index is 425. The first-order chi connectivity index (χ1) is 8.64. The molecule has 0 spiro atoms. The summed E-state index contributed by atoms with van der Waals surface area (Å²) in [5.41, 5.74) is 3.36. The first-order valence-corrected chi connectivity index (χ1v) is 7.20. The summed E-state index contributed by atoms with van der Waals surface area (Å²) in [5, 5.41) is 7.28. The molecule has 98 valence electrons. The molecular formula is C16H24N2. The van der Waals surface area contributed by atoms with Crippen molar-refractivity contribution in [2.75, 3.05) is 18.4 Å². The molecule has 1 heterocycles. The average molecular weight is 244 g/mol. The van der Waals surface area contributed by atoms with Gasteiger partial charge in [-0.15, -0.1) is 0 Å². The number of nitrogens with one attached hydrogen (secondary N) is 2. The Balaban J connectivity index is 1.56. The Morgan fingerprint density at radius 3 is 2.94 bits per heavy atom. The lowest BCUT2D eigenvalue weighted by Gasteiger charge is -2.19. The summed E-state index contributed by atoms with van der Waals surface area (Å²) >= 11 is 0. The van der Waals surface area contributed by atoms with Gasteiger partial charge in [-0.1, -0.05) is 32.0 Å². The standard InChI is InChI=1S/C16H24N2/c1-16(2)8-7-13(9-16)17-10-12-11-18-15-6-4-3-5-14(12)15/h3-6,12-13,17-18H,7-11H2,1-2H3. The normalized spacial score (nSPS) is 29.0. The van der Waals surface area contributed by atoms with Crippen LogP contribution in [0.1, 0.15) is 44.6 Å². The molecule has 18 heavy (non-hydrogen) atoms. The van der Waals surface area contributed by atoms with Crippen molar-refractivity contribution in [1.82, 2.24) is 5.32 Å². The maximum absolute atomic E-state index is 3.78. The van der Waals surface area contributed by atoms with E-state index in [-0.39, 0.29) is 0 Å². The SMILES string of the molecule is CC1(C)CCC(NCC2CNc3ccccc32)C1. The molecule has 0 bridgehead atoms. The second-order valence-electron chi connectivity index (χ2n) is 6.68. The molecule has 2 aliphatic rings. The maximum Gasteiger partial charge on any atom is 0.0376 e. The highest BCUT2D eigenvalue weighted by molar-refractivity contribution is 5.57. The molecule has 0 radical (unpaired) electrons. The van der Waals surface area contributed by atoms with Crippen LogP contribution in [0.5, 0.6) is 0 Å². The summed E-state index contributed by atoms with van der Waals surface area (Å²) in [6.45, 7) is 6.98. The molecule has 1 aromatic carbocycles. The first-order valence-electron chi connectivity index (χ1n) is 7.20. The molecule has 3 rings (SSSR count). The van der Waals surface area contributed by atoms with E-state index >= 15 is 0 Å². The van der Waals surface area contributed by atoms with Gasteiger partial charge in [0.15, 0.2) is 0 Å². The van der Waals surface area contributed by atoms with Crippen LogP contribution in [0.2, 0.25) is 0 Å². The minimum atomic E-state index is 0.545. The van der Waals surface area contributed by atoms with E-state index in [1.807, 2.05) is 0 Å². The van der Waals surface area contributed by atoms with Crippen molar-refractivity contribution in [3.8, 4) is 0 Å². The summed E-state index contributed by atoms with van der Waals surface area (Å²) in [5.74, 6) is 0.643. The molecule has 2 atom stereocenters. The van der Waals surface area contributed by atoms with Gasteiger partial charge in [-0.3, -0.25) is 0 Å². The van der Waals surface area contributed by atoms with Crippen LogP contribution >= 0.6 is 0 Å². The fraction of sp³-hybridized carbons (Fsp3) is 0.625. The van der Waals surface area contributed by atoms with Gasteiger partial charge in [0.2, 0.25) is 0 Å². The third kappa shape index (κ3) is 2.39. The van der Waals surface area contributed by atoms with Crippen LogP contribution in [0.3, 0.4) is 0 Å².